The fraction of sp³-hybridized carbons (Fsp3) is 0.200. The van der Waals surface area contributed by atoms with Crippen LogP contribution in [0.1, 0.15) is 21.6 Å². The Labute approximate surface area is 120 Å². The molecule has 0 spiro atoms. The monoisotopic (exact) mass is 292 g/mol. The Hall–Kier alpha value is -2.34. The molecule has 2 rings (SSSR count). The molecule has 1 aromatic heterocycles. The van der Waals surface area contributed by atoms with Crippen LogP contribution in [0.15, 0.2) is 36.5 Å². The molecule has 0 saturated carbocycles. The van der Waals surface area contributed by atoms with Crippen molar-refractivity contribution >= 4 is 5.97 Å². The fourth-order valence-corrected chi connectivity index (χ4v) is 1.76. The number of carbonyl (C=O) groups excluding carboxylic acids is 1. The maximum atomic E-state index is 13.4. The highest BCUT2D eigenvalue weighted by Crippen LogP contribution is 2.09. The van der Waals surface area contributed by atoms with Crippen molar-refractivity contribution < 1.29 is 18.3 Å². The third-order valence-electron chi connectivity index (χ3n) is 2.88. The molecule has 0 aliphatic rings. The summed E-state index contributed by atoms with van der Waals surface area (Å²) in [6.45, 7) is 0.658. The van der Waals surface area contributed by atoms with Crippen LogP contribution in [0, 0.1) is 11.6 Å². The highest BCUT2D eigenvalue weighted by Gasteiger charge is 2.06. The molecular weight excluding hydrogens is 278 g/mol. The highest BCUT2D eigenvalue weighted by atomic mass is 19.1. The first kappa shape index (κ1) is 15.1. The summed E-state index contributed by atoms with van der Waals surface area (Å²) in [5, 5.41) is 3.00. The van der Waals surface area contributed by atoms with E-state index in [9.17, 15) is 13.6 Å². The van der Waals surface area contributed by atoms with E-state index in [1.54, 1.807) is 12.1 Å². The number of nitrogens with one attached hydrogen (secondary N) is 1. The number of ether oxygens (including phenoxy) is 1. The summed E-state index contributed by atoms with van der Waals surface area (Å²) < 4.78 is 30.7. The van der Waals surface area contributed by atoms with Crippen LogP contribution in [0.5, 0.6) is 0 Å². The van der Waals surface area contributed by atoms with Crippen LogP contribution in [0.3, 0.4) is 0 Å². The van der Waals surface area contributed by atoms with Gasteiger partial charge in [0.1, 0.15) is 11.6 Å². The Kier molecular flexibility index (Phi) is 4.94. The van der Waals surface area contributed by atoms with Crippen LogP contribution in [-0.2, 0) is 17.8 Å². The minimum atomic E-state index is -0.601. The van der Waals surface area contributed by atoms with E-state index in [4.69, 9.17) is 0 Å². The maximum Gasteiger partial charge on any atom is 0.339 e. The number of rotatable bonds is 5. The van der Waals surface area contributed by atoms with Crippen molar-refractivity contribution in [1.82, 2.24) is 10.3 Å². The van der Waals surface area contributed by atoms with E-state index in [2.05, 4.69) is 15.0 Å². The van der Waals surface area contributed by atoms with E-state index in [-0.39, 0.29) is 6.54 Å². The van der Waals surface area contributed by atoms with Crippen LogP contribution >= 0.6 is 0 Å². The number of nitrogens with zero attached hydrogens (tertiary/aromatic N) is 1. The highest BCUT2D eigenvalue weighted by molar-refractivity contribution is 5.88. The average Bonchev–Trinajstić information content (AvgIpc) is 2.49. The molecule has 0 aliphatic carbocycles. The van der Waals surface area contributed by atoms with E-state index >= 15 is 0 Å². The summed E-state index contributed by atoms with van der Waals surface area (Å²) in [6, 6.07) is 6.74. The standard InChI is InChI=1S/C15H14F2N2O2/c1-21-15(20)11-3-5-13(19-8-11)9-18-7-10-2-4-12(16)6-14(10)17/h2-6,8,18H,7,9H2,1H3. The van der Waals surface area contributed by atoms with Gasteiger partial charge in [-0.15, -0.1) is 0 Å². The van der Waals surface area contributed by atoms with Crippen LogP contribution < -0.4 is 5.32 Å². The van der Waals surface area contributed by atoms with Gasteiger partial charge in [-0.1, -0.05) is 6.07 Å². The molecule has 6 heteroatoms. The number of pyridine rings is 1. The molecule has 0 fully saturated rings. The second-order valence-electron chi connectivity index (χ2n) is 4.37. The van der Waals surface area contributed by atoms with Gasteiger partial charge in [0.2, 0.25) is 0 Å². The van der Waals surface area contributed by atoms with Gasteiger partial charge in [-0.2, -0.15) is 0 Å². The summed E-state index contributed by atoms with van der Waals surface area (Å²) in [5.41, 5.74) is 1.44. The predicted molar refractivity (Wildman–Crippen MR) is 72.5 cm³/mol. The number of hydrogen-bond donors (Lipinski definition) is 1. The van der Waals surface area contributed by atoms with Gasteiger partial charge < -0.3 is 10.1 Å². The zero-order valence-electron chi connectivity index (χ0n) is 11.4. The van der Waals surface area contributed by atoms with Gasteiger partial charge in [-0.3, -0.25) is 4.98 Å². The molecule has 0 unspecified atom stereocenters. The Balaban J connectivity index is 1.90. The molecule has 0 aliphatic heterocycles. The number of aromatic nitrogens is 1. The van der Waals surface area contributed by atoms with E-state index < -0.39 is 17.6 Å². The summed E-state index contributed by atoms with van der Waals surface area (Å²) in [6.07, 6.45) is 1.42. The van der Waals surface area contributed by atoms with Crippen LogP contribution in [0.4, 0.5) is 8.78 Å². The number of benzene rings is 1. The molecule has 0 amide bonds. The normalized spacial score (nSPS) is 10.4. The van der Waals surface area contributed by atoms with Gasteiger partial charge in [0.05, 0.1) is 18.4 Å². The Morgan fingerprint density at radius 3 is 2.67 bits per heavy atom. The van der Waals surface area contributed by atoms with E-state index in [0.29, 0.717) is 23.4 Å². The van der Waals surface area contributed by atoms with E-state index in [0.717, 1.165) is 6.07 Å². The second kappa shape index (κ2) is 6.90. The second-order valence-corrected chi connectivity index (χ2v) is 4.37. The number of carbonyl (C=O) groups is 1. The first-order chi connectivity index (χ1) is 10.1. The lowest BCUT2D eigenvalue weighted by Crippen LogP contribution is -2.15. The van der Waals surface area contributed by atoms with E-state index in [1.807, 2.05) is 0 Å². The molecule has 1 N–H and O–H groups in total. The third kappa shape index (κ3) is 4.06. The van der Waals surface area contributed by atoms with Crippen molar-refractivity contribution in [1.29, 1.82) is 0 Å². The quantitative estimate of drug-likeness (QED) is 0.860. The lowest BCUT2D eigenvalue weighted by atomic mass is 10.2. The molecule has 0 radical (unpaired) electrons. The van der Waals surface area contributed by atoms with Gasteiger partial charge in [0.25, 0.3) is 0 Å². The largest absolute Gasteiger partial charge is 0.465 e. The molecule has 0 saturated heterocycles. The molecule has 4 nitrogen and oxygen atoms in total. The number of methoxy groups -OCH3 is 1. The van der Waals surface area contributed by atoms with E-state index in [1.165, 1.54) is 25.4 Å². The summed E-state index contributed by atoms with van der Waals surface area (Å²) in [5.74, 6) is -1.64. The van der Waals surface area contributed by atoms with Crippen molar-refractivity contribution in [3.63, 3.8) is 0 Å². The maximum absolute atomic E-state index is 13.4. The Bertz CT molecular complexity index is 630. The summed E-state index contributed by atoms with van der Waals surface area (Å²) in [4.78, 5) is 15.3. The SMILES string of the molecule is COC(=O)c1ccc(CNCc2ccc(F)cc2F)nc1. The lowest BCUT2D eigenvalue weighted by molar-refractivity contribution is 0.0600. The topological polar surface area (TPSA) is 51.2 Å². The molecule has 1 aromatic carbocycles. The van der Waals surface area contributed by atoms with Crippen LogP contribution in [-0.4, -0.2) is 18.1 Å². The van der Waals surface area contributed by atoms with Gasteiger partial charge in [-0.05, 0) is 18.2 Å². The molecular formula is C15H14F2N2O2. The van der Waals surface area contributed by atoms with Gasteiger partial charge in [0.15, 0.2) is 0 Å². The smallest absolute Gasteiger partial charge is 0.339 e. The first-order valence-corrected chi connectivity index (χ1v) is 6.28. The number of hydrogen-bond acceptors (Lipinski definition) is 4. The van der Waals surface area contributed by atoms with Crippen LogP contribution in [0.25, 0.3) is 0 Å². The zero-order valence-corrected chi connectivity index (χ0v) is 11.4. The molecule has 2 aromatic rings. The van der Waals surface area contributed by atoms with Crippen molar-refractivity contribution in [2.45, 2.75) is 13.1 Å². The third-order valence-corrected chi connectivity index (χ3v) is 2.88. The molecule has 21 heavy (non-hydrogen) atoms. The minimum Gasteiger partial charge on any atom is -0.465 e. The molecule has 0 atom stereocenters. The predicted octanol–water partition coefficient (Wildman–Crippen LogP) is 2.44. The van der Waals surface area contributed by atoms with Crippen molar-refractivity contribution in [3.05, 3.63) is 65.0 Å². The first-order valence-electron chi connectivity index (χ1n) is 6.28. The number of esters is 1. The van der Waals surface area contributed by atoms with Crippen molar-refractivity contribution in [2.75, 3.05) is 7.11 Å². The Morgan fingerprint density at radius 1 is 1.24 bits per heavy atom. The van der Waals surface area contributed by atoms with Gasteiger partial charge >= 0.3 is 5.97 Å². The van der Waals surface area contributed by atoms with Crippen molar-refractivity contribution in [3.8, 4) is 0 Å². The molecule has 0 bridgehead atoms. The fourth-order valence-electron chi connectivity index (χ4n) is 1.76. The summed E-state index contributed by atoms with van der Waals surface area (Å²) >= 11 is 0. The van der Waals surface area contributed by atoms with Gasteiger partial charge in [-0.25, -0.2) is 13.6 Å². The van der Waals surface area contributed by atoms with Crippen LogP contribution in [0.2, 0.25) is 0 Å². The number of halogens is 2. The molecule has 1 heterocycles. The molecule has 110 valence electrons. The lowest BCUT2D eigenvalue weighted by Gasteiger charge is -2.06. The average molecular weight is 292 g/mol. The van der Waals surface area contributed by atoms with Gasteiger partial charge in [0, 0.05) is 30.9 Å². The Morgan fingerprint density at radius 2 is 2.05 bits per heavy atom. The minimum absolute atomic E-state index is 0.256. The zero-order chi connectivity index (χ0) is 15.2. The van der Waals surface area contributed by atoms with Crippen molar-refractivity contribution in [2.24, 2.45) is 0 Å². The summed E-state index contributed by atoms with van der Waals surface area (Å²) in [7, 11) is 1.30.